The van der Waals surface area contributed by atoms with Gasteiger partial charge in [-0.3, -0.25) is 9.88 Å². The molecule has 0 aromatic carbocycles. The smallest absolute Gasteiger partial charge is 0.0517 e. The van der Waals surface area contributed by atoms with Crippen LogP contribution in [0.25, 0.3) is 0 Å². The number of nitrogens with two attached hydrogens (primary N) is 1. The molecule has 3 nitrogen and oxygen atoms in total. The van der Waals surface area contributed by atoms with Gasteiger partial charge in [0.1, 0.15) is 0 Å². The van der Waals surface area contributed by atoms with E-state index in [-0.39, 0.29) is 6.04 Å². The van der Waals surface area contributed by atoms with Gasteiger partial charge in [-0.05, 0) is 44.4 Å². The first-order valence-corrected chi connectivity index (χ1v) is 7.65. The van der Waals surface area contributed by atoms with Crippen molar-refractivity contribution in [3.8, 4) is 0 Å². The molecule has 2 N–H and O–H groups in total. The van der Waals surface area contributed by atoms with Gasteiger partial charge in [0.25, 0.3) is 0 Å². The van der Waals surface area contributed by atoms with Gasteiger partial charge in [-0.2, -0.15) is 0 Å². The standard InChI is InChI=1S/C16H27N3/c1-3-15(17)16(14-9-7-10-18-12-14)19-11-6-4-5-8-13(19)2/h7,9-10,12-13,15-16H,3-6,8,11,17H2,1-2H3. The second-order valence-corrected chi connectivity index (χ2v) is 5.74. The van der Waals surface area contributed by atoms with Crippen LogP contribution >= 0.6 is 0 Å². The van der Waals surface area contributed by atoms with Crippen LogP contribution < -0.4 is 5.73 Å². The lowest BCUT2D eigenvalue weighted by Gasteiger charge is -2.38. The van der Waals surface area contributed by atoms with Gasteiger partial charge >= 0.3 is 0 Å². The summed E-state index contributed by atoms with van der Waals surface area (Å²) in [4.78, 5) is 6.89. The van der Waals surface area contributed by atoms with Crippen LogP contribution in [-0.2, 0) is 0 Å². The Bertz CT molecular complexity index is 366. The van der Waals surface area contributed by atoms with Crippen molar-refractivity contribution < 1.29 is 0 Å². The van der Waals surface area contributed by atoms with Crippen molar-refractivity contribution in [3.63, 3.8) is 0 Å². The monoisotopic (exact) mass is 261 g/mol. The molecule has 1 saturated heterocycles. The van der Waals surface area contributed by atoms with Crippen molar-refractivity contribution in [3.05, 3.63) is 30.1 Å². The number of likely N-dealkylation sites (tertiary alicyclic amines) is 1. The van der Waals surface area contributed by atoms with E-state index < -0.39 is 0 Å². The van der Waals surface area contributed by atoms with E-state index in [0.29, 0.717) is 12.1 Å². The van der Waals surface area contributed by atoms with E-state index in [2.05, 4.69) is 29.8 Å². The molecule has 0 radical (unpaired) electrons. The molecule has 1 aromatic heterocycles. The average Bonchev–Trinajstić information content (AvgIpc) is 2.66. The third-order valence-electron chi connectivity index (χ3n) is 4.36. The number of pyridine rings is 1. The van der Waals surface area contributed by atoms with Crippen LogP contribution in [0.4, 0.5) is 0 Å². The van der Waals surface area contributed by atoms with E-state index in [0.717, 1.165) is 13.0 Å². The number of hydrogen-bond donors (Lipinski definition) is 1. The van der Waals surface area contributed by atoms with Gasteiger partial charge < -0.3 is 5.73 Å². The van der Waals surface area contributed by atoms with Crippen molar-refractivity contribution in [2.45, 2.75) is 64.1 Å². The van der Waals surface area contributed by atoms with Crippen LogP contribution in [0.2, 0.25) is 0 Å². The summed E-state index contributed by atoms with van der Waals surface area (Å²) in [5.74, 6) is 0. The summed E-state index contributed by atoms with van der Waals surface area (Å²) in [7, 11) is 0. The lowest BCUT2D eigenvalue weighted by atomic mass is 9.96. The molecular formula is C16H27N3. The lowest BCUT2D eigenvalue weighted by Crippen LogP contribution is -2.45. The summed E-state index contributed by atoms with van der Waals surface area (Å²) in [5, 5.41) is 0. The molecular weight excluding hydrogens is 234 g/mol. The molecule has 0 amide bonds. The Labute approximate surface area is 117 Å². The maximum absolute atomic E-state index is 6.42. The van der Waals surface area contributed by atoms with E-state index in [4.69, 9.17) is 5.73 Å². The first-order valence-electron chi connectivity index (χ1n) is 7.65. The van der Waals surface area contributed by atoms with Crippen molar-refractivity contribution in [1.29, 1.82) is 0 Å². The average molecular weight is 261 g/mol. The van der Waals surface area contributed by atoms with Gasteiger partial charge in [-0.1, -0.05) is 25.8 Å². The number of aromatic nitrogens is 1. The van der Waals surface area contributed by atoms with E-state index in [1.807, 2.05) is 18.5 Å². The normalized spacial score (nSPS) is 24.7. The molecule has 3 atom stereocenters. The fourth-order valence-corrected chi connectivity index (χ4v) is 3.17. The summed E-state index contributed by atoms with van der Waals surface area (Å²) >= 11 is 0. The Hall–Kier alpha value is -0.930. The molecule has 2 heterocycles. The van der Waals surface area contributed by atoms with E-state index in [9.17, 15) is 0 Å². The molecule has 0 aliphatic carbocycles. The van der Waals surface area contributed by atoms with Gasteiger partial charge in [-0.25, -0.2) is 0 Å². The first-order chi connectivity index (χ1) is 9.24. The SMILES string of the molecule is CCC(N)C(c1cccnc1)N1CCCCCC1C. The van der Waals surface area contributed by atoms with Crippen LogP contribution in [0.1, 0.15) is 57.6 Å². The second kappa shape index (κ2) is 7.01. The first kappa shape index (κ1) is 14.5. The topological polar surface area (TPSA) is 42.1 Å². The molecule has 1 fully saturated rings. The maximum Gasteiger partial charge on any atom is 0.0517 e. The zero-order valence-electron chi connectivity index (χ0n) is 12.3. The van der Waals surface area contributed by atoms with Crippen molar-refractivity contribution in [1.82, 2.24) is 9.88 Å². The van der Waals surface area contributed by atoms with E-state index in [1.54, 1.807) is 0 Å². The van der Waals surface area contributed by atoms with Gasteiger partial charge in [0, 0.05) is 24.5 Å². The highest BCUT2D eigenvalue weighted by Gasteiger charge is 2.29. The number of hydrogen-bond acceptors (Lipinski definition) is 3. The van der Waals surface area contributed by atoms with Crippen molar-refractivity contribution in [2.75, 3.05) is 6.54 Å². The predicted octanol–water partition coefficient (Wildman–Crippen LogP) is 3.12. The maximum atomic E-state index is 6.42. The quantitative estimate of drug-likeness (QED) is 0.905. The molecule has 0 spiro atoms. The van der Waals surface area contributed by atoms with E-state index >= 15 is 0 Å². The fourth-order valence-electron chi connectivity index (χ4n) is 3.17. The summed E-state index contributed by atoms with van der Waals surface area (Å²) in [5.41, 5.74) is 7.69. The molecule has 2 rings (SSSR count). The van der Waals surface area contributed by atoms with Crippen molar-refractivity contribution in [2.24, 2.45) is 5.73 Å². The lowest BCUT2D eigenvalue weighted by molar-refractivity contribution is 0.124. The molecule has 3 unspecified atom stereocenters. The minimum absolute atomic E-state index is 0.185. The fraction of sp³-hybridized carbons (Fsp3) is 0.688. The highest BCUT2D eigenvalue weighted by Crippen LogP contribution is 2.30. The molecule has 19 heavy (non-hydrogen) atoms. The Morgan fingerprint density at radius 1 is 1.42 bits per heavy atom. The number of nitrogens with zero attached hydrogens (tertiary/aromatic N) is 2. The Kier molecular flexibility index (Phi) is 5.34. The minimum Gasteiger partial charge on any atom is -0.326 e. The van der Waals surface area contributed by atoms with Gasteiger partial charge in [0.15, 0.2) is 0 Å². The third-order valence-corrected chi connectivity index (χ3v) is 4.36. The molecule has 3 heteroatoms. The Morgan fingerprint density at radius 2 is 2.26 bits per heavy atom. The molecule has 0 bridgehead atoms. The molecule has 106 valence electrons. The zero-order chi connectivity index (χ0) is 13.7. The molecule has 1 aromatic rings. The summed E-state index contributed by atoms with van der Waals surface area (Å²) in [6, 6.07) is 5.31. The van der Waals surface area contributed by atoms with Crippen LogP contribution in [0.5, 0.6) is 0 Å². The Morgan fingerprint density at radius 3 is 2.95 bits per heavy atom. The Balaban J connectivity index is 2.26. The highest BCUT2D eigenvalue weighted by molar-refractivity contribution is 5.17. The third kappa shape index (κ3) is 3.54. The largest absolute Gasteiger partial charge is 0.326 e. The minimum atomic E-state index is 0.185. The van der Waals surface area contributed by atoms with E-state index in [1.165, 1.54) is 31.2 Å². The van der Waals surface area contributed by atoms with Crippen LogP contribution in [0, 0.1) is 0 Å². The molecule has 1 aliphatic heterocycles. The highest BCUT2D eigenvalue weighted by atomic mass is 15.2. The molecule has 1 aliphatic rings. The number of rotatable bonds is 4. The van der Waals surface area contributed by atoms with Gasteiger partial charge in [-0.15, -0.1) is 0 Å². The summed E-state index contributed by atoms with van der Waals surface area (Å²) in [6.07, 6.45) is 10.1. The van der Waals surface area contributed by atoms with Crippen LogP contribution in [0.15, 0.2) is 24.5 Å². The van der Waals surface area contributed by atoms with Gasteiger partial charge in [0.05, 0.1) is 6.04 Å². The predicted molar refractivity (Wildman–Crippen MR) is 79.9 cm³/mol. The van der Waals surface area contributed by atoms with Crippen LogP contribution in [0.3, 0.4) is 0 Å². The van der Waals surface area contributed by atoms with Crippen LogP contribution in [-0.4, -0.2) is 28.5 Å². The summed E-state index contributed by atoms with van der Waals surface area (Å²) < 4.78 is 0. The summed E-state index contributed by atoms with van der Waals surface area (Å²) in [6.45, 7) is 5.68. The van der Waals surface area contributed by atoms with Crippen molar-refractivity contribution >= 4 is 0 Å². The zero-order valence-corrected chi connectivity index (χ0v) is 12.3. The second-order valence-electron chi connectivity index (χ2n) is 5.74. The van der Waals surface area contributed by atoms with Gasteiger partial charge in [0.2, 0.25) is 0 Å². The molecule has 0 saturated carbocycles.